The predicted molar refractivity (Wildman–Crippen MR) is 112 cm³/mol. The van der Waals surface area contributed by atoms with E-state index in [1.807, 2.05) is 47.4 Å². The first kappa shape index (κ1) is 19.8. The van der Waals surface area contributed by atoms with Gasteiger partial charge in [0, 0.05) is 29.4 Å². The highest BCUT2D eigenvalue weighted by Crippen LogP contribution is 2.44. The summed E-state index contributed by atoms with van der Waals surface area (Å²) in [6.07, 6.45) is 0.788. The summed E-state index contributed by atoms with van der Waals surface area (Å²) in [5.74, 6) is 0.600. The summed E-state index contributed by atoms with van der Waals surface area (Å²) < 4.78 is 5.49. The number of anilines is 1. The molecule has 29 heavy (non-hydrogen) atoms. The molecule has 3 N–H and O–H groups in total. The number of halogens is 1. The summed E-state index contributed by atoms with van der Waals surface area (Å²) in [5.41, 5.74) is 5.58. The molecule has 1 amide bonds. The maximum Gasteiger partial charge on any atom is 0.210 e. The van der Waals surface area contributed by atoms with E-state index >= 15 is 0 Å². The van der Waals surface area contributed by atoms with Gasteiger partial charge in [-0.1, -0.05) is 23.7 Å². The predicted octanol–water partition coefficient (Wildman–Crippen LogP) is 2.85. The van der Waals surface area contributed by atoms with Crippen molar-refractivity contribution in [2.75, 3.05) is 31.6 Å². The Morgan fingerprint density at radius 3 is 2.79 bits per heavy atom. The maximum atomic E-state index is 11.8. The molecule has 0 radical (unpaired) electrons. The lowest BCUT2D eigenvalue weighted by atomic mass is 9.82. The molecule has 2 atom stereocenters. The van der Waals surface area contributed by atoms with Gasteiger partial charge in [-0.2, -0.15) is 0 Å². The van der Waals surface area contributed by atoms with Crippen LogP contribution >= 0.6 is 11.6 Å². The van der Waals surface area contributed by atoms with Crippen molar-refractivity contribution in [2.45, 2.75) is 18.6 Å². The molecular formula is C22H23ClN2O4. The van der Waals surface area contributed by atoms with E-state index < -0.39 is 6.10 Å². The number of hydrogen-bond donors (Lipinski definition) is 3. The largest absolute Gasteiger partial charge is 0.491 e. The van der Waals surface area contributed by atoms with Crippen LogP contribution in [0.1, 0.15) is 23.6 Å². The van der Waals surface area contributed by atoms with Gasteiger partial charge >= 0.3 is 0 Å². The van der Waals surface area contributed by atoms with Crippen molar-refractivity contribution in [3.63, 3.8) is 0 Å². The Morgan fingerprint density at radius 1 is 1.28 bits per heavy atom. The maximum absolute atomic E-state index is 11.8. The van der Waals surface area contributed by atoms with Crippen LogP contribution in [-0.2, 0) is 4.79 Å². The van der Waals surface area contributed by atoms with Crippen LogP contribution in [0.15, 0.2) is 48.0 Å². The second kappa shape index (κ2) is 8.45. The number of nitrogens with one attached hydrogen (secondary N) is 1. The van der Waals surface area contributed by atoms with Crippen molar-refractivity contribution in [1.82, 2.24) is 4.90 Å². The number of fused-ring (bicyclic) bond motifs is 2. The molecule has 0 aliphatic carbocycles. The number of aliphatic hydroxyl groups excluding tert-OH is 2. The zero-order chi connectivity index (χ0) is 20.4. The molecule has 0 bridgehead atoms. The highest BCUT2D eigenvalue weighted by Gasteiger charge is 2.33. The summed E-state index contributed by atoms with van der Waals surface area (Å²) >= 11 is 6.23. The normalized spacial score (nSPS) is 19.1. The fourth-order valence-electron chi connectivity index (χ4n) is 4.02. The van der Waals surface area contributed by atoms with Crippen molar-refractivity contribution in [3.05, 3.63) is 64.2 Å². The number of aliphatic hydroxyl groups is 2. The standard InChI is InChI=1S/C22H23ClN2O4/c23-15-3-6-21-19(9-15)18-7-8-25(13-27)22(20(18)10-24-21)14-1-4-17(5-2-14)29-12-16(28)11-26/h1-6,9,13,16,22,24,26,28H,7-8,10-12H2. The first-order valence-electron chi connectivity index (χ1n) is 9.59. The molecule has 2 unspecified atom stereocenters. The second-order valence-corrected chi connectivity index (χ2v) is 7.70. The molecule has 0 aromatic heterocycles. The lowest BCUT2D eigenvalue weighted by molar-refractivity contribution is -0.119. The quantitative estimate of drug-likeness (QED) is 0.633. The van der Waals surface area contributed by atoms with Crippen LogP contribution in [0.3, 0.4) is 0 Å². The van der Waals surface area contributed by atoms with E-state index in [9.17, 15) is 9.90 Å². The molecule has 152 valence electrons. The van der Waals surface area contributed by atoms with Crippen LogP contribution in [0.2, 0.25) is 5.02 Å². The third kappa shape index (κ3) is 3.96. The Balaban J connectivity index is 1.66. The van der Waals surface area contributed by atoms with Crippen molar-refractivity contribution in [2.24, 2.45) is 0 Å². The molecule has 2 aliphatic rings. The van der Waals surface area contributed by atoms with E-state index in [0.717, 1.165) is 29.6 Å². The van der Waals surface area contributed by atoms with Gasteiger partial charge in [0.15, 0.2) is 0 Å². The van der Waals surface area contributed by atoms with Gasteiger partial charge in [-0.15, -0.1) is 0 Å². The van der Waals surface area contributed by atoms with Gasteiger partial charge in [-0.05, 0) is 53.5 Å². The highest BCUT2D eigenvalue weighted by atomic mass is 35.5. The number of carbonyl (C=O) groups is 1. The molecule has 2 aromatic carbocycles. The van der Waals surface area contributed by atoms with Gasteiger partial charge in [0.05, 0.1) is 12.6 Å². The van der Waals surface area contributed by atoms with Crippen molar-refractivity contribution < 1.29 is 19.7 Å². The Kier molecular flexibility index (Phi) is 5.76. The molecular weight excluding hydrogens is 392 g/mol. The zero-order valence-electron chi connectivity index (χ0n) is 15.8. The summed E-state index contributed by atoms with van der Waals surface area (Å²) in [6, 6.07) is 13.2. The Hall–Kier alpha value is -2.54. The number of nitrogens with zero attached hydrogens (tertiary/aromatic N) is 1. The summed E-state index contributed by atoms with van der Waals surface area (Å²) in [6.45, 7) is 0.986. The van der Waals surface area contributed by atoms with Gasteiger partial charge in [0.1, 0.15) is 18.5 Å². The fraction of sp³-hybridized carbons (Fsp3) is 0.318. The Morgan fingerprint density at radius 2 is 2.07 bits per heavy atom. The lowest BCUT2D eigenvalue weighted by Gasteiger charge is -2.40. The number of amides is 1. The molecule has 7 heteroatoms. The molecule has 2 heterocycles. The molecule has 0 saturated carbocycles. The summed E-state index contributed by atoms with van der Waals surface area (Å²) in [4.78, 5) is 13.6. The van der Waals surface area contributed by atoms with Gasteiger partial charge in [0.25, 0.3) is 0 Å². The van der Waals surface area contributed by atoms with Gasteiger partial charge in [0.2, 0.25) is 6.41 Å². The molecule has 0 saturated heterocycles. The van der Waals surface area contributed by atoms with Gasteiger partial charge < -0.3 is 25.2 Å². The second-order valence-electron chi connectivity index (χ2n) is 7.26. The highest BCUT2D eigenvalue weighted by molar-refractivity contribution is 6.30. The molecule has 2 aliphatic heterocycles. The minimum atomic E-state index is -0.911. The lowest BCUT2D eigenvalue weighted by Crippen LogP contribution is -2.37. The van der Waals surface area contributed by atoms with Crippen LogP contribution in [0, 0.1) is 0 Å². The molecule has 6 nitrogen and oxygen atoms in total. The SMILES string of the molecule is O=CN1CCC2=C(CNc3ccc(Cl)cc32)C1c1ccc(OCC(O)CO)cc1. The van der Waals surface area contributed by atoms with E-state index in [2.05, 4.69) is 5.32 Å². The summed E-state index contributed by atoms with van der Waals surface area (Å²) in [5, 5.41) is 22.5. The summed E-state index contributed by atoms with van der Waals surface area (Å²) in [7, 11) is 0. The Labute approximate surface area is 174 Å². The average molecular weight is 415 g/mol. The minimum Gasteiger partial charge on any atom is -0.491 e. The average Bonchev–Trinajstić information content (AvgIpc) is 2.76. The van der Waals surface area contributed by atoms with Crippen molar-refractivity contribution >= 4 is 29.3 Å². The van der Waals surface area contributed by atoms with Gasteiger partial charge in [-0.3, -0.25) is 4.79 Å². The van der Waals surface area contributed by atoms with Crippen LogP contribution in [-0.4, -0.2) is 53.9 Å². The zero-order valence-corrected chi connectivity index (χ0v) is 16.6. The van der Waals surface area contributed by atoms with E-state index in [-0.39, 0.29) is 19.3 Å². The topological polar surface area (TPSA) is 82.0 Å². The first-order valence-corrected chi connectivity index (χ1v) is 9.97. The van der Waals surface area contributed by atoms with Gasteiger partial charge in [-0.25, -0.2) is 0 Å². The third-order valence-electron chi connectivity index (χ3n) is 5.43. The number of ether oxygens (including phenoxy) is 1. The minimum absolute atomic E-state index is 0.0243. The van der Waals surface area contributed by atoms with Crippen molar-refractivity contribution in [3.8, 4) is 5.75 Å². The number of benzene rings is 2. The van der Waals surface area contributed by atoms with E-state index in [1.165, 1.54) is 11.1 Å². The van der Waals surface area contributed by atoms with E-state index in [4.69, 9.17) is 21.4 Å². The van der Waals surface area contributed by atoms with E-state index in [0.29, 0.717) is 23.9 Å². The third-order valence-corrected chi connectivity index (χ3v) is 5.66. The van der Waals surface area contributed by atoms with Crippen LogP contribution in [0.4, 0.5) is 5.69 Å². The molecule has 0 spiro atoms. The number of carbonyl (C=O) groups excluding carboxylic acids is 1. The van der Waals surface area contributed by atoms with Crippen LogP contribution in [0.25, 0.3) is 5.57 Å². The molecule has 2 aromatic rings. The smallest absolute Gasteiger partial charge is 0.210 e. The molecule has 0 fully saturated rings. The van der Waals surface area contributed by atoms with E-state index in [1.54, 1.807) is 0 Å². The molecule has 4 rings (SSSR count). The fourth-order valence-corrected chi connectivity index (χ4v) is 4.19. The first-order chi connectivity index (χ1) is 14.1. The number of hydrogen-bond acceptors (Lipinski definition) is 5. The van der Waals surface area contributed by atoms with Crippen molar-refractivity contribution in [1.29, 1.82) is 0 Å². The number of rotatable bonds is 6. The van der Waals surface area contributed by atoms with Crippen LogP contribution in [0.5, 0.6) is 5.75 Å². The Bertz CT molecular complexity index is 929. The monoisotopic (exact) mass is 414 g/mol. The van der Waals surface area contributed by atoms with Crippen LogP contribution < -0.4 is 10.1 Å².